The lowest BCUT2D eigenvalue weighted by Crippen LogP contribution is -2.65. The number of rotatable bonds is 3. The van der Waals surface area contributed by atoms with Gasteiger partial charge in [-0.3, -0.25) is 9.59 Å². The van der Waals surface area contributed by atoms with Gasteiger partial charge in [0.2, 0.25) is 11.8 Å². The number of likely N-dealkylation sites (tertiary alicyclic amines) is 1. The van der Waals surface area contributed by atoms with Gasteiger partial charge in [-0.05, 0) is 75.0 Å². The molecular weight excluding hydrogens is 400 g/mol. The summed E-state index contributed by atoms with van der Waals surface area (Å²) in [5.74, 6) is 0.893. The van der Waals surface area contributed by atoms with Crippen LogP contribution >= 0.6 is 0 Å². The van der Waals surface area contributed by atoms with Gasteiger partial charge in [0.05, 0.1) is 0 Å². The summed E-state index contributed by atoms with van der Waals surface area (Å²) in [6.45, 7) is 11.7. The fourth-order valence-electron chi connectivity index (χ4n) is 6.55. The first kappa shape index (κ1) is 23.1. The molecule has 2 bridgehead atoms. The zero-order valence-electron chi connectivity index (χ0n) is 20.6. The van der Waals surface area contributed by atoms with Crippen molar-refractivity contribution in [2.75, 3.05) is 13.6 Å². The number of hydrogen-bond acceptors (Lipinski definition) is 3. The maximum Gasteiger partial charge on any atom is 0.225 e. The van der Waals surface area contributed by atoms with Crippen molar-refractivity contribution in [1.82, 2.24) is 9.80 Å². The molecule has 1 aromatic carbocycles. The Morgan fingerprint density at radius 1 is 1.09 bits per heavy atom. The molecule has 0 spiro atoms. The first-order valence-electron chi connectivity index (χ1n) is 12.4. The molecule has 3 aliphatic rings. The molecule has 2 fully saturated rings. The van der Waals surface area contributed by atoms with Crippen molar-refractivity contribution in [2.45, 2.75) is 90.6 Å². The van der Waals surface area contributed by atoms with Crippen molar-refractivity contribution in [2.24, 2.45) is 17.3 Å². The van der Waals surface area contributed by atoms with Crippen molar-refractivity contribution in [3.63, 3.8) is 0 Å². The third kappa shape index (κ3) is 3.43. The Hall–Kier alpha value is -2.04. The Labute approximate surface area is 193 Å². The first-order valence-corrected chi connectivity index (χ1v) is 12.4. The fourth-order valence-corrected chi connectivity index (χ4v) is 6.55. The van der Waals surface area contributed by atoms with E-state index in [0.717, 1.165) is 44.2 Å². The maximum atomic E-state index is 13.7. The van der Waals surface area contributed by atoms with E-state index in [1.807, 2.05) is 31.9 Å². The third-order valence-electron chi connectivity index (χ3n) is 9.46. The number of carbonyl (C=O) groups excluding carboxylic acids is 2. The molecule has 1 saturated heterocycles. The van der Waals surface area contributed by atoms with Gasteiger partial charge in [-0.15, -0.1) is 0 Å². The fraction of sp³-hybridized carbons (Fsp3) is 0.704. The summed E-state index contributed by atoms with van der Waals surface area (Å²) in [6.07, 6.45) is 4.81. The molecule has 2 aliphatic carbocycles. The topological polar surface area (TPSA) is 60.9 Å². The van der Waals surface area contributed by atoms with E-state index in [1.54, 1.807) is 6.07 Å². The van der Waals surface area contributed by atoms with E-state index in [-0.39, 0.29) is 46.6 Å². The van der Waals surface area contributed by atoms with Crippen LogP contribution in [0.4, 0.5) is 0 Å². The lowest BCUT2D eigenvalue weighted by atomic mass is 9.51. The molecule has 0 unspecified atom stereocenters. The minimum absolute atomic E-state index is 0.00864. The molecule has 5 nitrogen and oxygen atoms in total. The molecule has 176 valence electrons. The number of piperidine rings is 1. The van der Waals surface area contributed by atoms with Gasteiger partial charge in [0.25, 0.3) is 0 Å². The van der Waals surface area contributed by atoms with Crippen LogP contribution in [0, 0.1) is 17.3 Å². The molecule has 1 saturated carbocycles. The van der Waals surface area contributed by atoms with E-state index < -0.39 is 0 Å². The highest BCUT2D eigenvalue weighted by atomic mass is 16.3. The molecule has 0 radical (unpaired) electrons. The smallest absolute Gasteiger partial charge is 0.225 e. The Bertz CT molecular complexity index is 900. The molecule has 0 aromatic heterocycles. The number of carbonyl (C=O) groups is 2. The number of aromatic hydroxyl groups is 1. The second kappa shape index (κ2) is 8.07. The standard InChI is InChI=1S/C27H40N2O3/c1-17(2)28(6)24(31)18-10-12-19(13-11-18)25(32)29-15-14-27(5)21-8-7-9-22(30)20(21)16-23(29)26(27,3)4/h7-9,17-19,23,30H,10-16H2,1-6H3/t18-,19+,23-,27+/m1/s1. The number of fused-ring (bicyclic) bond motifs is 4. The zero-order chi connectivity index (χ0) is 23.4. The van der Waals surface area contributed by atoms with Crippen LogP contribution in [0.15, 0.2) is 18.2 Å². The normalized spacial score (nSPS) is 31.2. The van der Waals surface area contributed by atoms with Gasteiger partial charge in [-0.25, -0.2) is 0 Å². The van der Waals surface area contributed by atoms with E-state index in [9.17, 15) is 14.7 Å². The van der Waals surface area contributed by atoms with Crippen molar-refractivity contribution in [3.05, 3.63) is 29.3 Å². The number of hydrogen-bond donors (Lipinski definition) is 1. The van der Waals surface area contributed by atoms with Gasteiger partial charge in [0.1, 0.15) is 5.75 Å². The quantitative estimate of drug-likeness (QED) is 0.752. The number of nitrogens with zero attached hydrogens (tertiary/aromatic N) is 2. The molecule has 4 rings (SSSR count). The monoisotopic (exact) mass is 440 g/mol. The van der Waals surface area contributed by atoms with E-state index >= 15 is 0 Å². The van der Waals surface area contributed by atoms with Crippen LogP contribution in [0.1, 0.15) is 77.8 Å². The Balaban J connectivity index is 1.51. The molecule has 1 N–H and O–H groups in total. The van der Waals surface area contributed by atoms with Gasteiger partial charge in [0.15, 0.2) is 0 Å². The molecule has 1 aromatic rings. The predicted molar refractivity (Wildman–Crippen MR) is 126 cm³/mol. The average molecular weight is 441 g/mol. The highest BCUT2D eigenvalue weighted by Gasteiger charge is 2.57. The van der Waals surface area contributed by atoms with E-state index in [2.05, 4.69) is 31.7 Å². The maximum absolute atomic E-state index is 13.7. The van der Waals surface area contributed by atoms with Gasteiger partial charge in [-0.2, -0.15) is 0 Å². The molecule has 32 heavy (non-hydrogen) atoms. The average Bonchev–Trinajstić information content (AvgIpc) is 2.75. The Morgan fingerprint density at radius 2 is 1.72 bits per heavy atom. The van der Waals surface area contributed by atoms with Gasteiger partial charge >= 0.3 is 0 Å². The van der Waals surface area contributed by atoms with Crippen LogP contribution in [-0.2, 0) is 21.4 Å². The number of amides is 2. The molecule has 5 heteroatoms. The van der Waals surface area contributed by atoms with Crippen molar-refractivity contribution in [1.29, 1.82) is 0 Å². The largest absolute Gasteiger partial charge is 0.508 e. The molecule has 1 aliphatic heterocycles. The summed E-state index contributed by atoms with van der Waals surface area (Å²) < 4.78 is 0. The highest BCUT2D eigenvalue weighted by molar-refractivity contribution is 5.82. The second-order valence-corrected chi connectivity index (χ2v) is 11.5. The predicted octanol–water partition coefficient (Wildman–Crippen LogP) is 4.51. The Kier molecular flexibility index (Phi) is 5.83. The number of phenolic OH excluding ortho intramolecular Hbond substituents is 1. The van der Waals surface area contributed by atoms with E-state index in [4.69, 9.17) is 0 Å². The summed E-state index contributed by atoms with van der Waals surface area (Å²) >= 11 is 0. The van der Waals surface area contributed by atoms with Crippen LogP contribution in [0.3, 0.4) is 0 Å². The molecule has 2 atom stereocenters. The minimum atomic E-state index is -0.0746. The summed E-state index contributed by atoms with van der Waals surface area (Å²) in [5.41, 5.74) is 2.13. The van der Waals surface area contributed by atoms with Crippen molar-refractivity contribution < 1.29 is 14.7 Å². The summed E-state index contributed by atoms with van der Waals surface area (Å²) in [5, 5.41) is 10.6. The Morgan fingerprint density at radius 3 is 2.34 bits per heavy atom. The van der Waals surface area contributed by atoms with Crippen LogP contribution < -0.4 is 0 Å². The number of benzene rings is 1. The van der Waals surface area contributed by atoms with Crippen LogP contribution in [0.2, 0.25) is 0 Å². The summed E-state index contributed by atoms with van der Waals surface area (Å²) in [6, 6.07) is 6.17. The SMILES string of the molecule is CC(C)N(C)C(=O)[C@H]1CC[C@@H](C(=O)N2CC[C@@]3(C)c4cccc(O)c4C[C@@H]2C3(C)C)CC1. The van der Waals surface area contributed by atoms with E-state index in [1.165, 1.54) is 5.56 Å². The zero-order valence-corrected chi connectivity index (χ0v) is 20.6. The highest BCUT2D eigenvalue weighted by Crippen LogP contribution is 2.57. The van der Waals surface area contributed by atoms with Crippen LogP contribution in [0.5, 0.6) is 5.75 Å². The van der Waals surface area contributed by atoms with Crippen LogP contribution in [0.25, 0.3) is 0 Å². The van der Waals surface area contributed by atoms with Gasteiger partial charge < -0.3 is 14.9 Å². The second-order valence-electron chi connectivity index (χ2n) is 11.5. The minimum Gasteiger partial charge on any atom is -0.508 e. The van der Waals surface area contributed by atoms with E-state index in [0.29, 0.717) is 12.2 Å². The lowest BCUT2D eigenvalue weighted by Gasteiger charge is -2.61. The number of phenols is 1. The van der Waals surface area contributed by atoms with Crippen molar-refractivity contribution >= 4 is 11.8 Å². The molecular formula is C27H40N2O3. The first-order chi connectivity index (χ1) is 15.0. The molecule has 2 amide bonds. The third-order valence-corrected chi connectivity index (χ3v) is 9.46. The van der Waals surface area contributed by atoms with Crippen molar-refractivity contribution in [3.8, 4) is 5.75 Å². The summed E-state index contributed by atoms with van der Waals surface area (Å²) in [4.78, 5) is 30.4. The molecule has 1 heterocycles. The summed E-state index contributed by atoms with van der Waals surface area (Å²) in [7, 11) is 1.88. The van der Waals surface area contributed by atoms with Gasteiger partial charge in [0, 0.05) is 42.9 Å². The van der Waals surface area contributed by atoms with Gasteiger partial charge in [-0.1, -0.05) is 32.9 Å². The lowest BCUT2D eigenvalue weighted by molar-refractivity contribution is -0.151. The van der Waals surface area contributed by atoms with Crippen LogP contribution in [-0.4, -0.2) is 52.4 Å².